The van der Waals surface area contributed by atoms with Crippen molar-refractivity contribution >= 4 is 11.7 Å². The summed E-state index contributed by atoms with van der Waals surface area (Å²) in [5.74, 6) is 0.241. The number of hydrogen-bond donors (Lipinski definition) is 1. The average molecular weight is 191 g/mol. The summed E-state index contributed by atoms with van der Waals surface area (Å²) in [5.41, 5.74) is 7.55. The fraction of sp³-hybridized carbons (Fsp3) is 0.364. The van der Waals surface area contributed by atoms with Crippen LogP contribution in [0.15, 0.2) is 24.3 Å². The van der Waals surface area contributed by atoms with E-state index in [1.54, 1.807) is 0 Å². The molecule has 2 rings (SSSR count). The highest BCUT2D eigenvalue weighted by Crippen LogP contribution is 2.48. The summed E-state index contributed by atoms with van der Waals surface area (Å²) in [5, 5.41) is 0. The Balaban J connectivity index is 2.09. The first-order valence-corrected chi connectivity index (χ1v) is 4.65. The number of nitrogen functional groups attached to an aromatic ring is 1. The summed E-state index contributed by atoms with van der Waals surface area (Å²) >= 11 is 0. The minimum Gasteiger partial charge on any atom is -0.469 e. The average Bonchev–Trinajstić information content (AvgIpc) is 2.96. The van der Waals surface area contributed by atoms with Crippen LogP contribution in [0.4, 0.5) is 5.69 Å². The van der Waals surface area contributed by atoms with Crippen molar-refractivity contribution in [3.8, 4) is 0 Å². The molecule has 0 aliphatic heterocycles. The molecule has 1 saturated carbocycles. The maximum absolute atomic E-state index is 11.2. The van der Waals surface area contributed by atoms with E-state index >= 15 is 0 Å². The second-order valence-electron chi connectivity index (χ2n) is 3.64. The van der Waals surface area contributed by atoms with E-state index in [0.717, 1.165) is 17.7 Å². The predicted molar refractivity (Wildman–Crippen MR) is 53.7 cm³/mol. The number of ether oxygens (including phenoxy) is 1. The Hall–Kier alpha value is -1.51. The van der Waals surface area contributed by atoms with Gasteiger partial charge >= 0.3 is 5.97 Å². The Kier molecular flexibility index (Phi) is 2.15. The van der Waals surface area contributed by atoms with Crippen LogP contribution >= 0.6 is 0 Å². The van der Waals surface area contributed by atoms with Crippen molar-refractivity contribution in [2.24, 2.45) is 5.92 Å². The minimum absolute atomic E-state index is 0.0433. The van der Waals surface area contributed by atoms with Gasteiger partial charge in [-0.3, -0.25) is 4.79 Å². The number of hydrogen-bond acceptors (Lipinski definition) is 3. The molecule has 74 valence electrons. The third kappa shape index (κ3) is 1.58. The lowest BCUT2D eigenvalue weighted by Gasteiger charge is -2.00. The van der Waals surface area contributed by atoms with Crippen molar-refractivity contribution in [2.75, 3.05) is 12.8 Å². The third-order valence-electron chi connectivity index (χ3n) is 2.63. The topological polar surface area (TPSA) is 52.3 Å². The van der Waals surface area contributed by atoms with E-state index in [2.05, 4.69) is 4.74 Å². The second kappa shape index (κ2) is 3.33. The van der Waals surface area contributed by atoms with E-state index in [9.17, 15) is 4.79 Å². The Morgan fingerprint density at radius 1 is 1.57 bits per heavy atom. The molecule has 1 aliphatic rings. The van der Waals surface area contributed by atoms with Crippen LogP contribution in [0.3, 0.4) is 0 Å². The first-order valence-electron chi connectivity index (χ1n) is 4.65. The first kappa shape index (κ1) is 9.06. The lowest BCUT2D eigenvalue weighted by molar-refractivity contribution is -0.142. The molecule has 3 nitrogen and oxygen atoms in total. The Bertz CT molecular complexity index is 362. The van der Waals surface area contributed by atoms with Gasteiger partial charge in [0.15, 0.2) is 0 Å². The number of anilines is 1. The first-order chi connectivity index (χ1) is 6.72. The number of carbonyl (C=O) groups excluding carboxylic acids is 1. The molecule has 3 heteroatoms. The van der Waals surface area contributed by atoms with Gasteiger partial charge in [0.05, 0.1) is 13.0 Å². The molecule has 0 aromatic heterocycles. The molecule has 1 aromatic rings. The van der Waals surface area contributed by atoms with Crippen LogP contribution in [0.5, 0.6) is 0 Å². The number of esters is 1. The minimum atomic E-state index is -0.113. The number of methoxy groups -OCH3 is 1. The standard InChI is InChI=1S/C11H13NO2/c1-14-11(13)10-6-9(10)7-3-2-4-8(12)5-7/h2-5,9-10H,6,12H2,1H3. The third-order valence-corrected chi connectivity index (χ3v) is 2.63. The molecule has 0 radical (unpaired) electrons. The van der Waals surface area contributed by atoms with Crippen molar-refractivity contribution in [1.82, 2.24) is 0 Å². The van der Waals surface area contributed by atoms with Crippen LogP contribution in [0.2, 0.25) is 0 Å². The van der Waals surface area contributed by atoms with Gasteiger partial charge in [-0.25, -0.2) is 0 Å². The number of nitrogens with two attached hydrogens (primary N) is 1. The Morgan fingerprint density at radius 3 is 3.00 bits per heavy atom. The van der Waals surface area contributed by atoms with E-state index in [0.29, 0.717) is 5.92 Å². The Morgan fingerprint density at radius 2 is 2.36 bits per heavy atom. The van der Waals surface area contributed by atoms with Gasteiger partial charge in [0.1, 0.15) is 0 Å². The maximum Gasteiger partial charge on any atom is 0.309 e. The van der Waals surface area contributed by atoms with E-state index in [-0.39, 0.29) is 11.9 Å². The molecule has 0 spiro atoms. The molecule has 14 heavy (non-hydrogen) atoms. The predicted octanol–water partition coefficient (Wildman–Crippen LogP) is 1.55. The van der Waals surface area contributed by atoms with Gasteiger partial charge in [-0.05, 0) is 30.0 Å². The molecule has 1 aromatic carbocycles. The molecule has 2 N–H and O–H groups in total. The zero-order chi connectivity index (χ0) is 10.1. The molecule has 1 fully saturated rings. The van der Waals surface area contributed by atoms with Gasteiger partial charge in [-0.2, -0.15) is 0 Å². The van der Waals surface area contributed by atoms with Gasteiger partial charge in [-0.1, -0.05) is 12.1 Å². The van der Waals surface area contributed by atoms with Gasteiger partial charge in [-0.15, -0.1) is 0 Å². The quantitative estimate of drug-likeness (QED) is 0.570. The lowest BCUT2D eigenvalue weighted by Crippen LogP contribution is -2.03. The zero-order valence-corrected chi connectivity index (χ0v) is 8.07. The molecule has 0 amide bonds. The van der Waals surface area contributed by atoms with Gasteiger partial charge < -0.3 is 10.5 Å². The van der Waals surface area contributed by atoms with Crippen molar-refractivity contribution in [3.05, 3.63) is 29.8 Å². The molecule has 0 saturated heterocycles. The molecule has 2 atom stereocenters. The molecule has 1 aliphatic carbocycles. The zero-order valence-electron chi connectivity index (χ0n) is 8.07. The van der Waals surface area contributed by atoms with E-state index in [4.69, 9.17) is 5.73 Å². The van der Waals surface area contributed by atoms with Crippen LogP contribution in [-0.2, 0) is 9.53 Å². The van der Waals surface area contributed by atoms with E-state index in [1.807, 2.05) is 24.3 Å². The summed E-state index contributed by atoms with van der Waals surface area (Å²) in [6, 6.07) is 7.69. The summed E-state index contributed by atoms with van der Waals surface area (Å²) in [7, 11) is 1.43. The van der Waals surface area contributed by atoms with Crippen LogP contribution in [-0.4, -0.2) is 13.1 Å². The molecule has 0 heterocycles. The lowest BCUT2D eigenvalue weighted by atomic mass is 10.1. The molecular formula is C11H13NO2. The molecule has 2 unspecified atom stereocenters. The summed E-state index contributed by atoms with van der Waals surface area (Å²) in [6.07, 6.45) is 0.885. The normalized spacial score (nSPS) is 24.4. The highest BCUT2D eigenvalue weighted by Gasteiger charge is 2.44. The number of carbonyl (C=O) groups is 1. The number of benzene rings is 1. The SMILES string of the molecule is COC(=O)C1CC1c1cccc(N)c1. The summed E-state index contributed by atoms with van der Waals surface area (Å²) in [4.78, 5) is 11.2. The second-order valence-corrected chi connectivity index (χ2v) is 3.64. The van der Waals surface area contributed by atoms with Gasteiger partial charge in [0.25, 0.3) is 0 Å². The highest BCUT2D eigenvalue weighted by molar-refractivity contribution is 5.77. The Labute approximate surface area is 82.9 Å². The highest BCUT2D eigenvalue weighted by atomic mass is 16.5. The van der Waals surface area contributed by atoms with Crippen LogP contribution in [0.1, 0.15) is 17.9 Å². The van der Waals surface area contributed by atoms with Gasteiger partial charge in [0.2, 0.25) is 0 Å². The fourth-order valence-corrected chi connectivity index (χ4v) is 1.76. The fourth-order valence-electron chi connectivity index (χ4n) is 1.76. The van der Waals surface area contributed by atoms with Crippen molar-refractivity contribution in [2.45, 2.75) is 12.3 Å². The van der Waals surface area contributed by atoms with Crippen molar-refractivity contribution in [1.29, 1.82) is 0 Å². The monoisotopic (exact) mass is 191 g/mol. The van der Waals surface area contributed by atoms with Gasteiger partial charge in [0, 0.05) is 5.69 Å². The molecule has 0 bridgehead atoms. The van der Waals surface area contributed by atoms with Crippen LogP contribution < -0.4 is 5.73 Å². The van der Waals surface area contributed by atoms with E-state index in [1.165, 1.54) is 7.11 Å². The largest absolute Gasteiger partial charge is 0.469 e. The molecular weight excluding hydrogens is 178 g/mol. The summed E-state index contributed by atoms with van der Waals surface area (Å²) in [6.45, 7) is 0. The van der Waals surface area contributed by atoms with E-state index < -0.39 is 0 Å². The number of rotatable bonds is 2. The maximum atomic E-state index is 11.2. The van der Waals surface area contributed by atoms with Crippen molar-refractivity contribution < 1.29 is 9.53 Å². The summed E-state index contributed by atoms with van der Waals surface area (Å²) < 4.78 is 4.69. The van der Waals surface area contributed by atoms with Crippen LogP contribution in [0.25, 0.3) is 0 Å². The smallest absolute Gasteiger partial charge is 0.309 e. The van der Waals surface area contributed by atoms with Crippen molar-refractivity contribution in [3.63, 3.8) is 0 Å². The van der Waals surface area contributed by atoms with Crippen LogP contribution in [0, 0.1) is 5.92 Å².